The predicted octanol–water partition coefficient (Wildman–Crippen LogP) is 5.71. The SMILES string of the molecule is COc1ccc(Oc2ccc(Cl)cc2NC(=O)c2ccc(OC)c(C)c2)cc1. The molecule has 1 amide bonds. The van der Waals surface area contributed by atoms with Crippen LogP contribution in [-0.4, -0.2) is 20.1 Å². The van der Waals surface area contributed by atoms with Crippen molar-refractivity contribution in [2.45, 2.75) is 6.92 Å². The van der Waals surface area contributed by atoms with E-state index in [-0.39, 0.29) is 5.91 Å². The molecular formula is C22H20ClNO4. The van der Waals surface area contributed by atoms with E-state index in [1.54, 1.807) is 74.9 Å². The molecule has 0 aromatic heterocycles. The van der Waals surface area contributed by atoms with Gasteiger partial charge >= 0.3 is 0 Å². The van der Waals surface area contributed by atoms with Crippen LogP contribution in [0.2, 0.25) is 5.02 Å². The van der Waals surface area contributed by atoms with Crippen LogP contribution in [0.1, 0.15) is 15.9 Å². The number of carbonyl (C=O) groups is 1. The average molecular weight is 398 g/mol. The van der Waals surface area contributed by atoms with E-state index in [1.807, 2.05) is 6.92 Å². The number of amides is 1. The number of ether oxygens (including phenoxy) is 3. The number of aryl methyl sites for hydroxylation is 1. The van der Waals surface area contributed by atoms with E-state index in [1.165, 1.54) is 0 Å². The van der Waals surface area contributed by atoms with Crippen LogP contribution in [0.4, 0.5) is 5.69 Å². The number of rotatable bonds is 6. The lowest BCUT2D eigenvalue weighted by Gasteiger charge is -2.14. The van der Waals surface area contributed by atoms with Crippen molar-refractivity contribution in [1.82, 2.24) is 0 Å². The minimum Gasteiger partial charge on any atom is -0.497 e. The van der Waals surface area contributed by atoms with Gasteiger partial charge in [-0.3, -0.25) is 4.79 Å². The number of anilines is 1. The Kier molecular flexibility index (Phi) is 6.06. The first-order chi connectivity index (χ1) is 13.5. The lowest BCUT2D eigenvalue weighted by Crippen LogP contribution is -2.13. The van der Waals surface area contributed by atoms with E-state index in [9.17, 15) is 4.79 Å². The van der Waals surface area contributed by atoms with Gasteiger partial charge in [-0.05, 0) is 73.2 Å². The van der Waals surface area contributed by atoms with Crippen LogP contribution in [0.25, 0.3) is 0 Å². The van der Waals surface area contributed by atoms with Crippen molar-refractivity contribution < 1.29 is 19.0 Å². The molecule has 0 saturated carbocycles. The Balaban J connectivity index is 1.83. The molecule has 0 bridgehead atoms. The summed E-state index contributed by atoms with van der Waals surface area (Å²) in [5.41, 5.74) is 1.85. The van der Waals surface area contributed by atoms with Gasteiger partial charge in [-0.25, -0.2) is 0 Å². The Labute approximate surface area is 168 Å². The highest BCUT2D eigenvalue weighted by Crippen LogP contribution is 2.33. The summed E-state index contributed by atoms with van der Waals surface area (Å²) in [7, 11) is 3.19. The second-order valence-corrected chi connectivity index (χ2v) is 6.49. The maximum atomic E-state index is 12.7. The lowest BCUT2D eigenvalue weighted by molar-refractivity contribution is 0.102. The molecule has 0 unspecified atom stereocenters. The van der Waals surface area contributed by atoms with Crippen LogP contribution in [-0.2, 0) is 0 Å². The van der Waals surface area contributed by atoms with E-state index >= 15 is 0 Å². The molecule has 0 aliphatic rings. The van der Waals surface area contributed by atoms with Crippen molar-refractivity contribution in [3.05, 3.63) is 76.8 Å². The Morgan fingerprint density at radius 1 is 0.857 bits per heavy atom. The van der Waals surface area contributed by atoms with Crippen molar-refractivity contribution >= 4 is 23.2 Å². The molecule has 3 aromatic rings. The standard InChI is InChI=1S/C22H20ClNO4/c1-14-12-15(4-10-20(14)27-3)22(25)24-19-13-16(23)5-11-21(19)28-18-8-6-17(26-2)7-9-18/h4-13H,1-3H3,(H,24,25). The minimum atomic E-state index is -0.271. The summed E-state index contributed by atoms with van der Waals surface area (Å²) in [6.07, 6.45) is 0. The van der Waals surface area contributed by atoms with Gasteiger partial charge in [0.2, 0.25) is 0 Å². The van der Waals surface area contributed by atoms with Crippen molar-refractivity contribution in [2.75, 3.05) is 19.5 Å². The van der Waals surface area contributed by atoms with E-state index in [4.69, 9.17) is 25.8 Å². The third kappa shape index (κ3) is 4.56. The number of hydrogen-bond donors (Lipinski definition) is 1. The maximum Gasteiger partial charge on any atom is 0.255 e. The van der Waals surface area contributed by atoms with Crippen molar-refractivity contribution in [2.24, 2.45) is 0 Å². The molecule has 0 radical (unpaired) electrons. The second kappa shape index (κ2) is 8.67. The van der Waals surface area contributed by atoms with Gasteiger partial charge in [-0.15, -0.1) is 0 Å². The Morgan fingerprint density at radius 3 is 2.18 bits per heavy atom. The molecule has 3 aromatic carbocycles. The van der Waals surface area contributed by atoms with Gasteiger partial charge in [0, 0.05) is 10.6 Å². The number of methoxy groups -OCH3 is 2. The third-order valence-corrected chi connectivity index (χ3v) is 4.37. The van der Waals surface area contributed by atoms with Crippen LogP contribution >= 0.6 is 11.6 Å². The van der Waals surface area contributed by atoms with Gasteiger partial charge in [-0.1, -0.05) is 11.6 Å². The molecule has 0 heterocycles. The Hall–Kier alpha value is -3.18. The summed E-state index contributed by atoms with van der Waals surface area (Å²) >= 11 is 6.11. The molecule has 6 heteroatoms. The fourth-order valence-electron chi connectivity index (χ4n) is 2.67. The van der Waals surface area contributed by atoms with Crippen LogP contribution in [0.15, 0.2) is 60.7 Å². The monoisotopic (exact) mass is 397 g/mol. The van der Waals surface area contributed by atoms with Crippen LogP contribution in [0.5, 0.6) is 23.0 Å². The molecular weight excluding hydrogens is 378 g/mol. The van der Waals surface area contributed by atoms with Crippen LogP contribution in [0.3, 0.4) is 0 Å². The van der Waals surface area contributed by atoms with E-state index in [2.05, 4.69) is 5.32 Å². The van der Waals surface area contributed by atoms with Gasteiger partial charge in [0.15, 0.2) is 5.75 Å². The summed E-state index contributed by atoms with van der Waals surface area (Å²) in [5, 5.41) is 3.35. The van der Waals surface area contributed by atoms with E-state index < -0.39 is 0 Å². The molecule has 28 heavy (non-hydrogen) atoms. The zero-order valence-corrected chi connectivity index (χ0v) is 16.5. The van der Waals surface area contributed by atoms with Gasteiger partial charge in [0.1, 0.15) is 17.2 Å². The summed E-state index contributed by atoms with van der Waals surface area (Å²) in [5.74, 6) is 2.27. The quantitative estimate of drug-likeness (QED) is 0.578. The van der Waals surface area contributed by atoms with Gasteiger partial charge in [0.25, 0.3) is 5.91 Å². The first-order valence-electron chi connectivity index (χ1n) is 8.57. The summed E-state index contributed by atoms with van der Waals surface area (Å²) in [6.45, 7) is 1.88. The number of hydrogen-bond acceptors (Lipinski definition) is 4. The summed E-state index contributed by atoms with van der Waals surface area (Å²) in [6, 6.07) is 17.4. The van der Waals surface area contributed by atoms with E-state index in [0.717, 1.165) is 17.1 Å². The van der Waals surface area contributed by atoms with Crippen molar-refractivity contribution in [1.29, 1.82) is 0 Å². The van der Waals surface area contributed by atoms with Gasteiger partial charge < -0.3 is 19.5 Å². The number of benzene rings is 3. The molecule has 5 nitrogen and oxygen atoms in total. The zero-order valence-electron chi connectivity index (χ0n) is 15.8. The molecule has 0 aliphatic carbocycles. The molecule has 0 fully saturated rings. The maximum absolute atomic E-state index is 12.7. The van der Waals surface area contributed by atoms with Crippen molar-refractivity contribution in [3.63, 3.8) is 0 Å². The normalized spacial score (nSPS) is 10.3. The smallest absolute Gasteiger partial charge is 0.255 e. The van der Waals surface area contributed by atoms with Gasteiger partial charge in [0.05, 0.1) is 19.9 Å². The van der Waals surface area contributed by atoms with Crippen LogP contribution < -0.4 is 19.5 Å². The zero-order chi connectivity index (χ0) is 20.1. The highest BCUT2D eigenvalue weighted by Gasteiger charge is 2.13. The fraction of sp³-hybridized carbons (Fsp3) is 0.136. The highest BCUT2D eigenvalue weighted by atomic mass is 35.5. The molecule has 144 valence electrons. The number of carbonyl (C=O) groups excluding carboxylic acids is 1. The molecule has 0 aliphatic heterocycles. The lowest BCUT2D eigenvalue weighted by atomic mass is 10.1. The predicted molar refractivity (Wildman–Crippen MR) is 110 cm³/mol. The number of nitrogens with one attached hydrogen (secondary N) is 1. The minimum absolute atomic E-state index is 0.271. The largest absolute Gasteiger partial charge is 0.497 e. The van der Waals surface area contributed by atoms with Crippen LogP contribution in [0, 0.1) is 6.92 Å². The summed E-state index contributed by atoms with van der Waals surface area (Å²) < 4.78 is 16.3. The summed E-state index contributed by atoms with van der Waals surface area (Å²) in [4.78, 5) is 12.7. The topological polar surface area (TPSA) is 56.8 Å². The average Bonchev–Trinajstić information content (AvgIpc) is 2.70. The molecule has 0 atom stereocenters. The first kappa shape index (κ1) is 19.6. The van der Waals surface area contributed by atoms with Crippen molar-refractivity contribution in [3.8, 4) is 23.0 Å². The first-order valence-corrected chi connectivity index (χ1v) is 8.95. The Morgan fingerprint density at radius 2 is 1.54 bits per heavy atom. The second-order valence-electron chi connectivity index (χ2n) is 6.06. The molecule has 1 N–H and O–H groups in total. The number of halogens is 1. The molecule has 0 saturated heterocycles. The highest BCUT2D eigenvalue weighted by molar-refractivity contribution is 6.31. The fourth-order valence-corrected chi connectivity index (χ4v) is 2.85. The Bertz CT molecular complexity index is 986. The van der Waals surface area contributed by atoms with Gasteiger partial charge in [-0.2, -0.15) is 0 Å². The van der Waals surface area contributed by atoms with E-state index in [0.29, 0.717) is 27.8 Å². The molecule has 3 rings (SSSR count). The molecule has 0 spiro atoms. The third-order valence-electron chi connectivity index (χ3n) is 4.13.